The van der Waals surface area contributed by atoms with Crippen molar-refractivity contribution in [3.05, 3.63) is 70.9 Å². The number of halogens is 2. The van der Waals surface area contributed by atoms with E-state index in [1.165, 1.54) is 17.4 Å². The lowest BCUT2D eigenvalue weighted by Gasteiger charge is -2.07. The van der Waals surface area contributed by atoms with Gasteiger partial charge < -0.3 is 5.32 Å². The summed E-state index contributed by atoms with van der Waals surface area (Å²) in [6, 6.07) is 12.7. The van der Waals surface area contributed by atoms with Crippen molar-refractivity contribution in [3.63, 3.8) is 0 Å². The van der Waals surface area contributed by atoms with Gasteiger partial charge in [-0.25, -0.2) is 13.8 Å². The Kier molecular flexibility index (Phi) is 4.16. The number of thiazole rings is 1. The molecule has 0 fully saturated rings. The molecule has 2 aromatic carbocycles. The molecule has 3 rings (SSSR count). The number of para-hydroxylation sites is 1. The Balaban J connectivity index is 1.98. The second-order valence-electron chi connectivity index (χ2n) is 4.83. The third kappa shape index (κ3) is 3.12. The SMILES string of the molecule is Cc1nc(C(=O)Nc2c(F)cccc2F)c(-c2ccccc2)s1. The summed E-state index contributed by atoms with van der Waals surface area (Å²) in [7, 11) is 0. The van der Waals surface area contributed by atoms with Gasteiger partial charge in [-0.3, -0.25) is 4.79 Å². The van der Waals surface area contributed by atoms with Crippen LogP contribution in [0.4, 0.5) is 14.5 Å². The molecule has 0 atom stereocenters. The van der Waals surface area contributed by atoms with E-state index in [0.29, 0.717) is 9.88 Å². The van der Waals surface area contributed by atoms with Crippen LogP contribution in [-0.2, 0) is 0 Å². The summed E-state index contributed by atoms with van der Waals surface area (Å²) >= 11 is 1.36. The van der Waals surface area contributed by atoms with Crippen LogP contribution < -0.4 is 5.32 Å². The zero-order valence-corrected chi connectivity index (χ0v) is 13.0. The average Bonchev–Trinajstić information content (AvgIpc) is 2.94. The molecular formula is C17H12F2N2OS. The molecule has 6 heteroatoms. The van der Waals surface area contributed by atoms with Crippen molar-refractivity contribution in [3.8, 4) is 10.4 Å². The number of aryl methyl sites for hydroxylation is 1. The Labute approximate surface area is 135 Å². The minimum Gasteiger partial charge on any atom is -0.316 e. The first-order valence-electron chi connectivity index (χ1n) is 6.84. The van der Waals surface area contributed by atoms with Crippen LogP contribution in [0.5, 0.6) is 0 Å². The molecular weight excluding hydrogens is 318 g/mol. The van der Waals surface area contributed by atoms with E-state index in [9.17, 15) is 13.6 Å². The zero-order chi connectivity index (χ0) is 16.4. The number of carbonyl (C=O) groups excluding carboxylic acids is 1. The number of amides is 1. The summed E-state index contributed by atoms with van der Waals surface area (Å²) in [6.07, 6.45) is 0. The Morgan fingerprint density at radius 2 is 1.70 bits per heavy atom. The van der Waals surface area contributed by atoms with Crippen molar-refractivity contribution < 1.29 is 13.6 Å². The standard InChI is InChI=1S/C17H12F2N2OS/c1-10-20-15(16(23-10)11-6-3-2-4-7-11)17(22)21-14-12(18)8-5-9-13(14)19/h2-9H,1H3,(H,21,22). The minimum atomic E-state index is -0.827. The van der Waals surface area contributed by atoms with E-state index < -0.39 is 23.2 Å². The molecule has 0 aliphatic heterocycles. The van der Waals surface area contributed by atoms with Crippen molar-refractivity contribution in [1.29, 1.82) is 0 Å². The van der Waals surface area contributed by atoms with Gasteiger partial charge in [0.25, 0.3) is 5.91 Å². The monoisotopic (exact) mass is 330 g/mol. The fourth-order valence-corrected chi connectivity index (χ4v) is 3.08. The zero-order valence-electron chi connectivity index (χ0n) is 12.1. The average molecular weight is 330 g/mol. The third-order valence-corrected chi connectivity index (χ3v) is 4.21. The summed E-state index contributed by atoms with van der Waals surface area (Å²) in [6.45, 7) is 1.78. The van der Waals surface area contributed by atoms with E-state index in [1.54, 1.807) is 6.92 Å². The van der Waals surface area contributed by atoms with Crippen molar-refractivity contribution in [2.45, 2.75) is 6.92 Å². The number of nitrogens with zero attached hydrogens (tertiary/aromatic N) is 1. The molecule has 116 valence electrons. The van der Waals surface area contributed by atoms with E-state index in [1.807, 2.05) is 30.3 Å². The molecule has 1 amide bonds. The molecule has 0 unspecified atom stereocenters. The number of anilines is 1. The second kappa shape index (κ2) is 6.26. The van der Waals surface area contributed by atoms with Gasteiger partial charge in [-0.2, -0.15) is 0 Å². The Morgan fingerprint density at radius 3 is 2.35 bits per heavy atom. The van der Waals surface area contributed by atoms with Gasteiger partial charge in [-0.1, -0.05) is 36.4 Å². The molecule has 0 saturated heterocycles. The molecule has 0 saturated carbocycles. The summed E-state index contributed by atoms with van der Waals surface area (Å²) in [5.74, 6) is -2.30. The summed E-state index contributed by atoms with van der Waals surface area (Å²) in [5, 5.41) is 2.97. The van der Waals surface area contributed by atoms with Crippen LogP contribution in [0.15, 0.2) is 48.5 Å². The third-order valence-electron chi connectivity index (χ3n) is 3.19. The number of hydrogen-bond acceptors (Lipinski definition) is 3. The fourth-order valence-electron chi connectivity index (χ4n) is 2.16. The maximum absolute atomic E-state index is 13.7. The first-order valence-corrected chi connectivity index (χ1v) is 7.66. The quantitative estimate of drug-likeness (QED) is 0.759. The summed E-state index contributed by atoms with van der Waals surface area (Å²) < 4.78 is 27.4. The highest BCUT2D eigenvalue weighted by atomic mass is 32.1. The van der Waals surface area contributed by atoms with Crippen molar-refractivity contribution in [1.82, 2.24) is 4.98 Å². The molecule has 1 aromatic heterocycles. The van der Waals surface area contributed by atoms with Crippen molar-refractivity contribution in [2.75, 3.05) is 5.32 Å². The van der Waals surface area contributed by atoms with Crippen LogP contribution in [0.3, 0.4) is 0 Å². The van der Waals surface area contributed by atoms with Crippen LogP contribution in [0.1, 0.15) is 15.5 Å². The Hall–Kier alpha value is -2.60. The molecule has 0 spiro atoms. The molecule has 0 bridgehead atoms. The van der Waals surface area contributed by atoms with Crippen LogP contribution in [0.2, 0.25) is 0 Å². The number of aromatic nitrogens is 1. The fraction of sp³-hybridized carbons (Fsp3) is 0.0588. The highest BCUT2D eigenvalue weighted by Gasteiger charge is 2.20. The molecule has 3 aromatic rings. The molecule has 0 radical (unpaired) electrons. The minimum absolute atomic E-state index is 0.154. The van der Waals surface area contributed by atoms with Gasteiger partial charge in [-0.05, 0) is 24.6 Å². The largest absolute Gasteiger partial charge is 0.316 e. The first kappa shape index (κ1) is 15.3. The van der Waals surface area contributed by atoms with E-state index >= 15 is 0 Å². The van der Waals surface area contributed by atoms with Crippen molar-refractivity contribution >= 4 is 22.9 Å². The van der Waals surface area contributed by atoms with Gasteiger partial charge >= 0.3 is 0 Å². The lowest BCUT2D eigenvalue weighted by atomic mass is 10.1. The number of carbonyl (C=O) groups is 1. The predicted octanol–water partition coefficient (Wildman–Crippen LogP) is 4.65. The molecule has 1 heterocycles. The summed E-state index contributed by atoms with van der Waals surface area (Å²) in [4.78, 5) is 17.3. The van der Waals surface area contributed by atoms with Crippen LogP contribution in [0.25, 0.3) is 10.4 Å². The number of nitrogens with one attached hydrogen (secondary N) is 1. The van der Waals surface area contributed by atoms with Gasteiger partial charge in [0, 0.05) is 0 Å². The number of hydrogen-bond donors (Lipinski definition) is 1. The van der Waals surface area contributed by atoms with Crippen LogP contribution >= 0.6 is 11.3 Å². The molecule has 1 N–H and O–H groups in total. The maximum Gasteiger partial charge on any atom is 0.275 e. The smallest absolute Gasteiger partial charge is 0.275 e. The Bertz CT molecular complexity index is 842. The van der Waals surface area contributed by atoms with Gasteiger partial charge in [0.05, 0.1) is 9.88 Å². The van der Waals surface area contributed by atoms with E-state index in [2.05, 4.69) is 10.3 Å². The maximum atomic E-state index is 13.7. The number of benzene rings is 2. The van der Waals surface area contributed by atoms with Gasteiger partial charge in [0.2, 0.25) is 0 Å². The highest BCUT2D eigenvalue weighted by molar-refractivity contribution is 7.15. The topological polar surface area (TPSA) is 42.0 Å². The van der Waals surface area contributed by atoms with Gasteiger partial charge in [0.1, 0.15) is 23.0 Å². The van der Waals surface area contributed by atoms with Gasteiger partial charge in [-0.15, -0.1) is 11.3 Å². The molecule has 0 aliphatic carbocycles. The number of rotatable bonds is 3. The Morgan fingerprint density at radius 1 is 1.04 bits per heavy atom. The van der Waals surface area contributed by atoms with Crippen LogP contribution in [0, 0.1) is 18.6 Å². The van der Waals surface area contributed by atoms with E-state index in [4.69, 9.17) is 0 Å². The molecule has 3 nitrogen and oxygen atoms in total. The summed E-state index contributed by atoms with van der Waals surface area (Å²) in [5.41, 5.74) is 0.515. The second-order valence-corrected chi connectivity index (χ2v) is 6.03. The van der Waals surface area contributed by atoms with E-state index in [0.717, 1.165) is 17.7 Å². The first-order chi connectivity index (χ1) is 11.1. The van der Waals surface area contributed by atoms with Gasteiger partial charge in [0.15, 0.2) is 0 Å². The lowest BCUT2D eigenvalue weighted by Crippen LogP contribution is -2.15. The normalized spacial score (nSPS) is 10.6. The van der Waals surface area contributed by atoms with Crippen LogP contribution in [-0.4, -0.2) is 10.9 Å². The predicted molar refractivity (Wildman–Crippen MR) is 86.6 cm³/mol. The molecule has 0 aliphatic rings. The molecule has 23 heavy (non-hydrogen) atoms. The van der Waals surface area contributed by atoms with Crippen molar-refractivity contribution in [2.24, 2.45) is 0 Å². The van der Waals surface area contributed by atoms with E-state index in [-0.39, 0.29) is 5.69 Å². The lowest BCUT2D eigenvalue weighted by molar-refractivity contribution is 0.102. The highest BCUT2D eigenvalue weighted by Crippen LogP contribution is 2.31.